The fourth-order valence-corrected chi connectivity index (χ4v) is 2.75. The van der Waals surface area contributed by atoms with Crippen LogP contribution in [-0.2, 0) is 11.3 Å². The van der Waals surface area contributed by atoms with Gasteiger partial charge >= 0.3 is 0 Å². The van der Waals surface area contributed by atoms with Gasteiger partial charge in [-0.05, 0) is 43.7 Å². The summed E-state index contributed by atoms with van der Waals surface area (Å²) in [5, 5.41) is 7.83. The van der Waals surface area contributed by atoms with Crippen molar-refractivity contribution in [3.8, 4) is 5.69 Å². The number of hydrogen-bond donors (Lipinski definition) is 1. The topological polar surface area (TPSA) is 59.8 Å². The highest BCUT2D eigenvalue weighted by Gasteiger charge is 2.10. The van der Waals surface area contributed by atoms with Crippen LogP contribution in [0.1, 0.15) is 22.5 Å². The fraction of sp³-hybridized carbons (Fsp3) is 0.150. The number of nitrogens with zero attached hydrogens (tertiary/aromatic N) is 3. The molecule has 2 aromatic heterocycles. The lowest BCUT2D eigenvalue weighted by atomic mass is 10.2. The standard InChI is InChI=1S/C20H19ClN4O/c1-14-18(15(2)25(24-14)17-6-4-3-5-7-17)9-11-20(26)23-13-16-8-10-19(21)22-12-16/h3-12H,13H2,1-2H3,(H,23,26)/b11-9+. The zero-order valence-corrected chi connectivity index (χ0v) is 15.4. The Labute approximate surface area is 157 Å². The molecule has 2 heterocycles. The normalized spacial score (nSPS) is 11.0. The van der Waals surface area contributed by atoms with Crippen LogP contribution in [-0.4, -0.2) is 20.7 Å². The van der Waals surface area contributed by atoms with Crippen molar-refractivity contribution in [1.29, 1.82) is 0 Å². The molecule has 0 saturated heterocycles. The van der Waals surface area contributed by atoms with E-state index in [1.165, 1.54) is 6.08 Å². The molecular weight excluding hydrogens is 348 g/mol. The molecule has 0 radical (unpaired) electrons. The summed E-state index contributed by atoms with van der Waals surface area (Å²) >= 11 is 5.75. The molecule has 6 heteroatoms. The van der Waals surface area contributed by atoms with Crippen LogP contribution in [0.3, 0.4) is 0 Å². The zero-order chi connectivity index (χ0) is 18.5. The van der Waals surface area contributed by atoms with Gasteiger partial charge < -0.3 is 5.32 Å². The van der Waals surface area contributed by atoms with Gasteiger partial charge in [0, 0.05) is 30.1 Å². The van der Waals surface area contributed by atoms with Gasteiger partial charge in [0.05, 0.1) is 11.4 Å². The van der Waals surface area contributed by atoms with Crippen molar-refractivity contribution in [2.24, 2.45) is 0 Å². The molecule has 0 aliphatic carbocycles. The van der Waals surface area contributed by atoms with Crippen molar-refractivity contribution >= 4 is 23.6 Å². The van der Waals surface area contributed by atoms with Gasteiger partial charge in [-0.1, -0.05) is 35.9 Å². The van der Waals surface area contributed by atoms with Crippen molar-refractivity contribution in [2.45, 2.75) is 20.4 Å². The lowest BCUT2D eigenvalue weighted by Crippen LogP contribution is -2.20. The highest BCUT2D eigenvalue weighted by molar-refractivity contribution is 6.29. The first-order chi connectivity index (χ1) is 12.5. The lowest BCUT2D eigenvalue weighted by molar-refractivity contribution is -0.116. The van der Waals surface area contributed by atoms with Crippen LogP contribution < -0.4 is 5.32 Å². The maximum Gasteiger partial charge on any atom is 0.244 e. The fourth-order valence-electron chi connectivity index (χ4n) is 2.63. The molecule has 1 aromatic carbocycles. The molecule has 3 aromatic rings. The average Bonchev–Trinajstić information content (AvgIpc) is 2.94. The van der Waals surface area contributed by atoms with Crippen molar-refractivity contribution in [3.05, 3.63) is 82.4 Å². The number of aromatic nitrogens is 3. The molecule has 26 heavy (non-hydrogen) atoms. The molecule has 5 nitrogen and oxygen atoms in total. The Kier molecular flexibility index (Phi) is 5.49. The quantitative estimate of drug-likeness (QED) is 0.551. The number of pyridine rings is 1. The molecular formula is C20H19ClN4O. The third kappa shape index (κ3) is 4.18. The van der Waals surface area contributed by atoms with Gasteiger partial charge in [0.2, 0.25) is 5.91 Å². The van der Waals surface area contributed by atoms with Crippen molar-refractivity contribution in [1.82, 2.24) is 20.1 Å². The first-order valence-electron chi connectivity index (χ1n) is 8.22. The van der Waals surface area contributed by atoms with Crippen LogP contribution in [0.15, 0.2) is 54.7 Å². The van der Waals surface area contributed by atoms with Crippen LogP contribution in [0.2, 0.25) is 5.15 Å². The number of amides is 1. The van der Waals surface area contributed by atoms with Gasteiger partial charge in [0.25, 0.3) is 0 Å². The Morgan fingerprint density at radius 2 is 1.96 bits per heavy atom. The summed E-state index contributed by atoms with van der Waals surface area (Å²) in [4.78, 5) is 16.1. The molecule has 0 fully saturated rings. The maximum absolute atomic E-state index is 12.1. The van der Waals surface area contributed by atoms with Crippen LogP contribution in [0.4, 0.5) is 0 Å². The Balaban J connectivity index is 1.69. The second-order valence-electron chi connectivity index (χ2n) is 5.87. The molecule has 132 valence electrons. The van der Waals surface area contributed by atoms with E-state index >= 15 is 0 Å². The summed E-state index contributed by atoms with van der Waals surface area (Å²) in [5.41, 5.74) is 4.68. The number of halogens is 1. The van der Waals surface area contributed by atoms with E-state index in [4.69, 9.17) is 11.6 Å². The summed E-state index contributed by atoms with van der Waals surface area (Å²) in [5.74, 6) is -0.175. The Morgan fingerprint density at radius 1 is 1.19 bits per heavy atom. The number of para-hydroxylation sites is 1. The number of rotatable bonds is 5. The zero-order valence-electron chi connectivity index (χ0n) is 14.6. The summed E-state index contributed by atoms with van der Waals surface area (Å²) in [6.45, 7) is 4.32. The summed E-state index contributed by atoms with van der Waals surface area (Å²) < 4.78 is 1.88. The SMILES string of the molecule is Cc1nn(-c2ccccc2)c(C)c1/C=C/C(=O)NCc1ccc(Cl)nc1. The minimum atomic E-state index is -0.175. The van der Waals surface area contributed by atoms with E-state index < -0.39 is 0 Å². The average molecular weight is 367 g/mol. The predicted octanol–water partition coefficient (Wildman–Crippen LogP) is 3.87. The van der Waals surface area contributed by atoms with Gasteiger partial charge in [0.1, 0.15) is 5.15 Å². The van der Waals surface area contributed by atoms with E-state index in [1.54, 1.807) is 18.3 Å². The molecule has 1 N–H and O–H groups in total. The van der Waals surface area contributed by atoms with E-state index in [9.17, 15) is 4.79 Å². The van der Waals surface area contributed by atoms with Crippen molar-refractivity contribution in [2.75, 3.05) is 0 Å². The predicted molar refractivity (Wildman–Crippen MR) is 103 cm³/mol. The number of carbonyl (C=O) groups is 1. The van der Waals surface area contributed by atoms with Gasteiger partial charge in [-0.3, -0.25) is 4.79 Å². The van der Waals surface area contributed by atoms with Gasteiger partial charge in [0.15, 0.2) is 0 Å². The number of carbonyl (C=O) groups excluding carboxylic acids is 1. The van der Waals surface area contributed by atoms with Crippen LogP contribution in [0.5, 0.6) is 0 Å². The number of hydrogen-bond acceptors (Lipinski definition) is 3. The second kappa shape index (κ2) is 7.97. The molecule has 3 rings (SSSR count). The minimum absolute atomic E-state index is 0.175. The summed E-state index contributed by atoms with van der Waals surface area (Å²) in [6, 6.07) is 13.4. The lowest BCUT2D eigenvalue weighted by Gasteiger charge is -2.04. The Bertz CT molecular complexity index is 930. The van der Waals surface area contributed by atoms with E-state index in [0.29, 0.717) is 11.7 Å². The molecule has 0 saturated carbocycles. The van der Waals surface area contributed by atoms with Crippen molar-refractivity contribution < 1.29 is 4.79 Å². The Morgan fingerprint density at radius 3 is 2.65 bits per heavy atom. The first-order valence-corrected chi connectivity index (χ1v) is 8.60. The van der Waals surface area contributed by atoms with Gasteiger partial charge in [-0.15, -0.1) is 0 Å². The molecule has 0 unspecified atom stereocenters. The number of nitrogens with one attached hydrogen (secondary N) is 1. The van der Waals surface area contributed by atoms with Crippen LogP contribution in [0.25, 0.3) is 11.8 Å². The third-order valence-electron chi connectivity index (χ3n) is 4.00. The smallest absolute Gasteiger partial charge is 0.244 e. The van der Waals surface area contributed by atoms with E-state index in [0.717, 1.165) is 28.2 Å². The van der Waals surface area contributed by atoms with E-state index in [-0.39, 0.29) is 5.91 Å². The van der Waals surface area contributed by atoms with Gasteiger partial charge in [-0.2, -0.15) is 5.10 Å². The first kappa shape index (κ1) is 17.9. The summed E-state index contributed by atoms with van der Waals surface area (Å²) in [6.07, 6.45) is 4.97. The summed E-state index contributed by atoms with van der Waals surface area (Å²) in [7, 11) is 0. The Hall–Kier alpha value is -2.92. The van der Waals surface area contributed by atoms with Gasteiger partial charge in [-0.25, -0.2) is 9.67 Å². The minimum Gasteiger partial charge on any atom is -0.348 e. The third-order valence-corrected chi connectivity index (χ3v) is 4.23. The van der Waals surface area contributed by atoms with E-state index in [1.807, 2.05) is 54.9 Å². The monoisotopic (exact) mass is 366 g/mol. The number of aryl methyl sites for hydroxylation is 1. The van der Waals surface area contributed by atoms with Crippen LogP contribution >= 0.6 is 11.6 Å². The molecule has 0 aliphatic rings. The van der Waals surface area contributed by atoms with E-state index in [2.05, 4.69) is 15.4 Å². The molecule has 0 bridgehead atoms. The molecule has 0 aliphatic heterocycles. The number of benzene rings is 1. The highest BCUT2D eigenvalue weighted by atomic mass is 35.5. The largest absolute Gasteiger partial charge is 0.348 e. The van der Waals surface area contributed by atoms with Crippen LogP contribution in [0, 0.1) is 13.8 Å². The molecule has 0 atom stereocenters. The maximum atomic E-state index is 12.1. The molecule has 1 amide bonds. The highest BCUT2D eigenvalue weighted by Crippen LogP contribution is 2.19. The molecule has 0 spiro atoms. The second-order valence-corrected chi connectivity index (χ2v) is 6.26. The van der Waals surface area contributed by atoms with Crippen molar-refractivity contribution in [3.63, 3.8) is 0 Å².